The lowest BCUT2D eigenvalue weighted by molar-refractivity contribution is -0.148. The lowest BCUT2D eigenvalue weighted by Gasteiger charge is -2.33. The maximum atomic E-state index is 13.1. The van der Waals surface area contributed by atoms with Gasteiger partial charge in [0.2, 0.25) is 0 Å². The molecule has 0 radical (unpaired) electrons. The van der Waals surface area contributed by atoms with E-state index >= 15 is 0 Å². The van der Waals surface area contributed by atoms with E-state index in [4.69, 9.17) is 14.2 Å². The number of urea groups is 1. The minimum atomic E-state index is -1.21. The van der Waals surface area contributed by atoms with Gasteiger partial charge in [0, 0.05) is 12.0 Å². The number of amides is 3. The van der Waals surface area contributed by atoms with Crippen molar-refractivity contribution in [2.45, 2.75) is 18.9 Å². The predicted molar refractivity (Wildman–Crippen MR) is 106 cm³/mol. The van der Waals surface area contributed by atoms with Crippen molar-refractivity contribution < 1.29 is 28.6 Å². The summed E-state index contributed by atoms with van der Waals surface area (Å²) in [6.07, 6.45) is 0.296. The average molecular weight is 410 g/mol. The van der Waals surface area contributed by atoms with Crippen LogP contribution in [0.15, 0.2) is 48.5 Å². The molecule has 0 bridgehead atoms. The molecule has 1 N–H and O–H groups in total. The van der Waals surface area contributed by atoms with Crippen LogP contribution in [0, 0.1) is 6.92 Å². The van der Waals surface area contributed by atoms with Gasteiger partial charge >= 0.3 is 12.0 Å². The summed E-state index contributed by atoms with van der Waals surface area (Å²) in [7, 11) is 0. The number of hydrogen-bond donors (Lipinski definition) is 1. The first-order chi connectivity index (χ1) is 14.5. The highest BCUT2D eigenvalue weighted by Gasteiger charge is 2.55. The summed E-state index contributed by atoms with van der Waals surface area (Å²) in [5, 5.41) is 2.75. The Hall–Kier alpha value is -3.55. The summed E-state index contributed by atoms with van der Waals surface area (Å²) in [5.74, 6) is 0.110. The molecule has 3 amide bonds. The molecule has 2 aliphatic heterocycles. The Balaban J connectivity index is 1.35. The second kappa shape index (κ2) is 8.06. The van der Waals surface area contributed by atoms with Crippen molar-refractivity contribution in [3.63, 3.8) is 0 Å². The molecule has 2 aliphatic rings. The lowest BCUT2D eigenvalue weighted by atomic mass is 9.84. The second-order valence-corrected chi connectivity index (χ2v) is 7.16. The van der Waals surface area contributed by atoms with E-state index < -0.39 is 30.0 Å². The van der Waals surface area contributed by atoms with Crippen molar-refractivity contribution >= 4 is 17.9 Å². The van der Waals surface area contributed by atoms with Gasteiger partial charge in [0.05, 0.1) is 6.61 Å². The zero-order valence-electron chi connectivity index (χ0n) is 16.6. The number of benzene rings is 2. The van der Waals surface area contributed by atoms with Crippen LogP contribution in [0.3, 0.4) is 0 Å². The van der Waals surface area contributed by atoms with Crippen LogP contribution in [0.1, 0.15) is 17.5 Å². The van der Waals surface area contributed by atoms with Crippen molar-refractivity contribution in [2.24, 2.45) is 0 Å². The molecular weight excluding hydrogens is 388 g/mol. The molecule has 0 saturated carbocycles. The predicted octanol–water partition coefficient (Wildman–Crippen LogP) is 2.15. The van der Waals surface area contributed by atoms with Gasteiger partial charge in [-0.1, -0.05) is 36.4 Å². The van der Waals surface area contributed by atoms with Gasteiger partial charge in [0.1, 0.15) is 31.3 Å². The summed E-state index contributed by atoms with van der Waals surface area (Å²) >= 11 is 0. The Labute approximate surface area is 173 Å². The van der Waals surface area contributed by atoms with Crippen LogP contribution in [-0.4, -0.2) is 49.2 Å². The van der Waals surface area contributed by atoms with E-state index in [0.29, 0.717) is 23.5 Å². The second-order valence-electron chi connectivity index (χ2n) is 7.16. The maximum absolute atomic E-state index is 13.1. The molecular formula is C22H22N2O6. The molecule has 156 valence electrons. The number of nitrogens with one attached hydrogen (secondary N) is 1. The van der Waals surface area contributed by atoms with E-state index in [2.05, 4.69) is 5.32 Å². The molecule has 8 nitrogen and oxygen atoms in total. The third-order valence-corrected chi connectivity index (χ3v) is 5.24. The topological polar surface area (TPSA) is 94.2 Å². The van der Waals surface area contributed by atoms with Crippen molar-refractivity contribution in [1.29, 1.82) is 0 Å². The first-order valence-electron chi connectivity index (χ1n) is 9.72. The highest BCUT2D eigenvalue weighted by atomic mass is 16.6. The average Bonchev–Trinajstić information content (AvgIpc) is 2.97. The highest BCUT2D eigenvalue weighted by molar-refractivity contribution is 6.09. The number of esters is 1. The van der Waals surface area contributed by atoms with Crippen LogP contribution in [0.4, 0.5) is 4.79 Å². The molecule has 0 unspecified atom stereocenters. The maximum Gasteiger partial charge on any atom is 0.326 e. The number of carbonyl (C=O) groups excluding carboxylic acids is 3. The molecule has 4 rings (SSSR count). The minimum absolute atomic E-state index is 0.0125. The summed E-state index contributed by atoms with van der Waals surface area (Å²) in [6.45, 7) is 1.94. The number of fused-ring (bicyclic) bond motifs is 2. The van der Waals surface area contributed by atoms with Crippen molar-refractivity contribution in [1.82, 2.24) is 10.2 Å². The standard InChI is InChI=1S/C22H22N2O6/c1-15-6-2-4-8-17(15)29-12-13-30-19(25)14-24-20(26)22(23-21(24)27)10-11-28-18-9-5-3-7-16(18)22/h2-9H,10-14H2,1H3,(H,23,27)/t22-/m1/s1. The Bertz CT molecular complexity index is 991. The van der Waals surface area contributed by atoms with E-state index in [9.17, 15) is 14.4 Å². The molecule has 8 heteroatoms. The Morgan fingerprint density at radius 2 is 1.90 bits per heavy atom. The first-order valence-corrected chi connectivity index (χ1v) is 9.72. The van der Waals surface area contributed by atoms with Gasteiger partial charge in [-0.2, -0.15) is 0 Å². The number of rotatable bonds is 6. The van der Waals surface area contributed by atoms with E-state index in [-0.39, 0.29) is 19.8 Å². The van der Waals surface area contributed by atoms with Crippen LogP contribution in [0.25, 0.3) is 0 Å². The van der Waals surface area contributed by atoms with E-state index in [1.807, 2.05) is 31.2 Å². The summed E-state index contributed by atoms with van der Waals surface area (Å²) in [6, 6.07) is 14.0. The van der Waals surface area contributed by atoms with Crippen molar-refractivity contribution in [2.75, 3.05) is 26.4 Å². The Morgan fingerprint density at radius 1 is 1.13 bits per heavy atom. The molecule has 2 aromatic carbocycles. The van der Waals surface area contributed by atoms with Gasteiger partial charge in [0.15, 0.2) is 5.54 Å². The van der Waals surface area contributed by atoms with Gasteiger partial charge in [-0.3, -0.25) is 14.5 Å². The fraction of sp³-hybridized carbons (Fsp3) is 0.318. The zero-order valence-corrected chi connectivity index (χ0v) is 16.6. The molecule has 0 aromatic heterocycles. The Morgan fingerprint density at radius 3 is 2.73 bits per heavy atom. The third-order valence-electron chi connectivity index (χ3n) is 5.24. The minimum Gasteiger partial charge on any atom is -0.493 e. The number of imide groups is 1. The number of nitrogens with zero attached hydrogens (tertiary/aromatic N) is 1. The van der Waals surface area contributed by atoms with E-state index in [1.165, 1.54) is 0 Å². The number of carbonyl (C=O) groups is 3. The molecule has 0 aliphatic carbocycles. The fourth-order valence-electron chi connectivity index (χ4n) is 3.72. The molecule has 2 aromatic rings. The van der Waals surface area contributed by atoms with Crippen LogP contribution in [0.5, 0.6) is 11.5 Å². The fourth-order valence-corrected chi connectivity index (χ4v) is 3.72. The molecule has 1 atom stereocenters. The highest BCUT2D eigenvalue weighted by Crippen LogP contribution is 2.40. The first kappa shape index (κ1) is 19.8. The quantitative estimate of drug-likeness (QED) is 0.446. The normalized spacial score (nSPS) is 19.8. The molecule has 1 fully saturated rings. The lowest BCUT2D eigenvalue weighted by Crippen LogP contribution is -2.47. The number of para-hydroxylation sites is 2. The molecule has 2 heterocycles. The number of hydrogen-bond acceptors (Lipinski definition) is 6. The number of aryl methyl sites for hydroxylation is 1. The zero-order chi connectivity index (χ0) is 21.1. The Kier molecular flexibility index (Phi) is 5.31. The number of ether oxygens (including phenoxy) is 3. The van der Waals surface area contributed by atoms with Crippen molar-refractivity contribution in [3.05, 3.63) is 59.7 Å². The van der Waals surface area contributed by atoms with Crippen LogP contribution in [-0.2, 0) is 19.9 Å². The van der Waals surface area contributed by atoms with Crippen LogP contribution >= 0.6 is 0 Å². The van der Waals surface area contributed by atoms with Crippen molar-refractivity contribution in [3.8, 4) is 11.5 Å². The largest absolute Gasteiger partial charge is 0.493 e. The van der Waals surface area contributed by atoms with E-state index in [0.717, 1.165) is 10.5 Å². The summed E-state index contributed by atoms with van der Waals surface area (Å²) in [5.41, 5.74) is 0.363. The smallest absolute Gasteiger partial charge is 0.326 e. The van der Waals surface area contributed by atoms with Gasteiger partial charge in [-0.15, -0.1) is 0 Å². The summed E-state index contributed by atoms with van der Waals surface area (Å²) < 4.78 is 16.3. The molecule has 1 spiro atoms. The van der Waals surface area contributed by atoms with Crippen LogP contribution in [0.2, 0.25) is 0 Å². The van der Waals surface area contributed by atoms with Crippen LogP contribution < -0.4 is 14.8 Å². The van der Waals surface area contributed by atoms with Gasteiger partial charge in [-0.05, 0) is 24.6 Å². The van der Waals surface area contributed by atoms with Gasteiger partial charge < -0.3 is 19.5 Å². The van der Waals surface area contributed by atoms with E-state index in [1.54, 1.807) is 24.3 Å². The molecule has 30 heavy (non-hydrogen) atoms. The third kappa shape index (κ3) is 3.56. The van der Waals surface area contributed by atoms with Gasteiger partial charge in [0.25, 0.3) is 5.91 Å². The molecule has 1 saturated heterocycles. The van der Waals surface area contributed by atoms with Gasteiger partial charge in [-0.25, -0.2) is 4.79 Å². The SMILES string of the molecule is Cc1ccccc1OCCOC(=O)CN1C(=O)N[C@@]2(CCOc3ccccc32)C1=O. The monoisotopic (exact) mass is 410 g/mol. The summed E-state index contributed by atoms with van der Waals surface area (Å²) in [4.78, 5) is 38.7.